The van der Waals surface area contributed by atoms with E-state index in [-0.39, 0.29) is 38.0 Å². The van der Waals surface area contributed by atoms with Gasteiger partial charge in [0.2, 0.25) is 0 Å². The van der Waals surface area contributed by atoms with E-state index in [1.807, 2.05) is 56.6 Å². The van der Waals surface area contributed by atoms with Crippen molar-refractivity contribution in [3.63, 3.8) is 0 Å². The van der Waals surface area contributed by atoms with Gasteiger partial charge < -0.3 is 24.9 Å². The molecule has 2 nitrogen and oxygen atoms in total. The molecule has 2 rings (SSSR count). The average molecular weight is 331 g/mol. The molecule has 3 heteroatoms. The summed E-state index contributed by atoms with van der Waals surface area (Å²) in [6.45, 7) is 3.95. The maximum absolute atomic E-state index is 9.51. The van der Waals surface area contributed by atoms with E-state index in [0.717, 1.165) is 5.56 Å². The largest absolute Gasteiger partial charge is 4.00 e. The van der Waals surface area contributed by atoms with Gasteiger partial charge in [-0.3, -0.25) is 0 Å². The maximum Gasteiger partial charge on any atom is 4.00 e. The van der Waals surface area contributed by atoms with Crippen molar-refractivity contribution in [3.8, 4) is 0 Å². The molecule has 0 aliphatic rings. The zero-order valence-corrected chi connectivity index (χ0v) is 15.1. The van der Waals surface area contributed by atoms with Crippen molar-refractivity contribution in [2.75, 3.05) is 14.1 Å². The number of rotatable bonds is 3. The SMILES string of the molecule is C[C@H](O)[c-]1cccc1[C@H](C)N(C)C.[CH3-].[CH3-].[Fe+4].c1cc[cH-]c1. The first-order chi connectivity index (χ1) is 8.54. The second-order valence-electron chi connectivity index (χ2n) is 4.71. The van der Waals surface area contributed by atoms with E-state index in [4.69, 9.17) is 0 Å². The van der Waals surface area contributed by atoms with Gasteiger partial charge in [0.25, 0.3) is 0 Å². The molecule has 2 aromatic carbocycles. The molecule has 2 atom stereocenters. The quantitative estimate of drug-likeness (QED) is 0.666. The van der Waals surface area contributed by atoms with Crippen LogP contribution in [0, 0.1) is 14.9 Å². The van der Waals surface area contributed by atoms with E-state index in [0.29, 0.717) is 6.04 Å². The molecule has 0 heterocycles. The van der Waals surface area contributed by atoms with Crippen LogP contribution in [0.25, 0.3) is 0 Å². The summed E-state index contributed by atoms with van der Waals surface area (Å²) >= 11 is 0. The summed E-state index contributed by atoms with van der Waals surface area (Å²) in [5.74, 6) is 0. The van der Waals surface area contributed by atoms with E-state index >= 15 is 0 Å². The Kier molecular flexibility index (Phi) is 15.4. The Bertz CT molecular complexity index is 401. The van der Waals surface area contributed by atoms with Crippen molar-refractivity contribution >= 4 is 0 Å². The minimum atomic E-state index is -0.368. The first-order valence-electron chi connectivity index (χ1n) is 6.30. The number of aliphatic hydroxyl groups excluding tert-OH is 1. The van der Waals surface area contributed by atoms with Crippen molar-refractivity contribution in [2.45, 2.75) is 26.0 Å². The Morgan fingerprint density at radius 2 is 1.62 bits per heavy atom. The Hall–Kier alpha value is -0.861. The third-order valence-corrected chi connectivity index (χ3v) is 3.12. The molecule has 0 aliphatic heterocycles. The number of hydrogen-bond donors (Lipinski definition) is 1. The molecule has 21 heavy (non-hydrogen) atoms. The van der Waals surface area contributed by atoms with Crippen LogP contribution in [0.2, 0.25) is 0 Å². The topological polar surface area (TPSA) is 23.5 Å². The molecular formula is C18H29FeNO. The van der Waals surface area contributed by atoms with Crippen LogP contribution in [0.5, 0.6) is 0 Å². The van der Waals surface area contributed by atoms with Gasteiger partial charge in [-0.15, -0.1) is 11.1 Å². The van der Waals surface area contributed by atoms with Gasteiger partial charge in [-0.25, -0.2) is 24.3 Å². The number of hydrogen-bond acceptors (Lipinski definition) is 2. The van der Waals surface area contributed by atoms with Crippen LogP contribution < -0.4 is 0 Å². The molecule has 120 valence electrons. The van der Waals surface area contributed by atoms with Crippen molar-refractivity contribution in [2.24, 2.45) is 0 Å². The fourth-order valence-electron chi connectivity index (χ4n) is 1.81. The maximum atomic E-state index is 9.51. The molecule has 0 radical (unpaired) electrons. The minimum Gasteiger partial charge on any atom is -0.401 e. The van der Waals surface area contributed by atoms with Crippen LogP contribution in [0.15, 0.2) is 48.5 Å². The first-order valence-corrected chi connectivity index (χ1v) is 6.30. The molecule has 2 aromatic rings. The van der Waals surface area contributed by atoms with Crippen LogP contribution in [0.3, 0.4) is 0 Å². The monoisotopic (exact) mass is 331 g/mol. The fourth-order valence-corrected chi connectivity index (χ4v) is 1.81. The molecule has 0 unspecified atom stereocenters. The van der Waals surface area contributed by atoms with Gasteiger partial charge in [-0.1, -0.05) is 0 Å². The molecule has 0 spiro atoms. The summed E-state index contributed by atoms with van der Waals surface area (Å²) in [5.41, 5.74) is 2.27. The predicted octanol–water partition coefficient (Wildman–Crippen LogP) is 4.38. The smallest absolute Gasteiger partial charge is 0.401 e. The Labute approximate surface area is 142 Å². The van der Waals surface area contributed by atoms with Gasteiger partial charge in [0.1, 0.15) is 0 Å². The molecule has 0 saturated heterocycles. The van der Waals surface area contributed by atoms with Crippen LogP contribution in [-0.4, -0.2) is 24.1 Å². The predicted molar refractivity (Wildman–Crippen MR) is 89.6 cm³/mol. The fraction of sp³-hybridized carbons (Fsp3) is 0.333. The summed E-state index contributed by atoms with van der Waals surface area (Å²) < 4.78 is 0. The van der Waals surface area contributed by atoms with Gasteiger partial charge in [0.05, 0.1) is 0 Å². The first kappa shape index (κ1) is 25.1. The van der Waals surface area contributed by atoms with Crippen molar-refractivity contribution in [1.82, 2.24) is 4.90 Å². The minimum absolute atomic E-state index is 0. The molecular weight excluding hydrogens is 302 g/mol. The second-order valence-corrected chi connectivity index (χ2v) is 4.71. The molecule has 0 bridgehead atoms. The third-order valence-electron chi connectivity index (χ3n) is 3.12. The van der Waals surface area contributed by atoms with Crippen LogP contribution >= 0.6 is 0 Å². The summed E-state index contributed by atoms with van der Waals surface area (Å²) in [4.78, 5) is 2.14. The summed E-state index contributed by atoms with van der Waals surface area (Å²) in [7, 11) is 4.09. The van der Waals surface area contributed by atoms with E-state index in [1.165, 1.54) is 5.56 Å². The normalized spacial score (nSPS) is 11.9. The van der Waals surface area contributed by atoms with Gasteiger partial charge in [0, 0.05) is 12.1 Å². The standard InChI is InChI=1S/C11H18NO.C5H5.2CH3.Fe/c1-8(12(3)4)10-6-5-7-11(10)9(2)13;1-2-4-5-3-1;;;/h5-9,13H,1-4H3;1-5H;2*1H3;/q4*-1;+4/t8-,9-;;;;/m0..../s1. The van der Waals surface area contributed by atoms with Crippen molar-refractivity contribution in [1.29, 1.82) is 0 Å². The molecule has 0 saturated carbocycles. The van der Waals surface area contributed by atoms with Gasteiger partial charge in [-0.2, -0.15) is 24.3 Å². The second kappa shape index (κ2) is 12.8. The zero-order valence-electron chi connectivity index (χ0n) is 14.0. The van der Waals surface area contributed by atoms with Gasteiger partial charge >= 0.3 is 17.1 Å². The van der Waals surface area contributed by atoms with Crippen molar-refractivity contribution in [3.05, 3.63) is 74.5 Å². The molecule has 0 fully saturated rings. The van der Waals surface area contributed by atoms with E-state index in [1.54, 1.807) is 6.92 Å². The average Bonchev–Trinajstić information content (AvgIpc) is 3.01. The van der Waals surface area contributed by atoms with Gasteiger partial charge in [-0.05, 0) is 27.9 Å². The molecule has 0 amide bonds. The summed E-state index contributed by atoms with van der Waals surface area (Å²) in [6.07, 6.45) is -0.368. The van der Waals surface area contributed by atoms with E-state index in [2.05, 4.69) is 17.9 Å². The molecule has 0 aliphatic carbocycles. The summed E-state index contributed by atoms with van der Waals surface area (Å²) in [6, 6.07) is 16.4. The zero-order chi connectivity index (χ0) is 13.5. The third kappa shape index (κ3) is 8.23. The Morgan fingerprint density at radius 1 is 1.10 bits per heavy atom. The summed E-state index contributed by atoms with van der Waals surface area (Å²) in [5, 5.41) is 9.51. The van der Waals surface area contributed by atoms with E-state index in [9.17, 15) is 5.11 Å². The van der Waals surface area contributed by atoms with Crippen LogP contribution in [-0.2, 0) is 17.1 Å². The van der Waals surface area contributed by atoms with Crippen molar-refractivity contribution < 1.29 is 22.2 Å². The van der Waals surface area contributed by atoms with E-state index < -0.39 is 0 Å². The Balaban J connectivity index is -0.000000349. The molecule has 1 N–H and O–H groups in total. The molecule has 0 aromatic heterocycles. The van der Waals surface area contributed by atoms with Gasteiger partial charge in [0.15, 0.2) is 0 Å². The Morgan fingerprint density at radius 3 is 1.95 bits per heavy atom. The van der Waals surface area contributed by atoms with Crippen LogP contribution in [0.1, 0.15) is 37.1 Å². The van der Waals surface area contributed by atoms with Crippen LogP contribution in [0.4, 0.5) is 0 Å². The number of nitrogens with zero attached hydrogens (tertiary/aromatic N) is 1. The number of aliphatic hydroxyl groups is 1.